The van der Waals surface area contributed by atoms with Crippen molar-refractivity contribution in [1.82, 2.24) is 14.8 Å². The van der Waals surface area contributed by atoms with Gasteiger partial charge in [0.25, 0.3) is 11.8 Å². The predicted molar refractivity (Wildman–Crippen MR) is 134 cm³/mol. The van der Waals surface area contributed by atoms with Crippen LogP contribution in [0.2, 0.25) is 0 Å². The standard InChI is InChI=1S/C24H26N4O4S2/c1-13-17(23(28-11-7-8-12-28)34-19(13)22(31)27(3)4)20(30)25-24(32)26-21-18(14(2)29)15-9-5-6-10-16(15)33-21/h7-8,11-12H,5-6,9-10H2,1-4H3,(H2,25,26,30,32). The lowest BCUT2D eigenvalue weighted by Crippen LogP contribution is -2.35. The molecule has 10 heteroatoms. The fraction of sp³-hybridized carbons (Fsp3) is 0.333. The Morgan fingerprint density at radius 1 is 1.00 bits per heavy atom. The van der Waals surface area contributed by atoms with Crippen LogP contribution < -0.4 is 10.6 Å². The molecule has 2 N–H and O–H groups in total. The molecule has 0 fully saturated rings. The number of aromatic nitrogens is 1. The first-order chi connectivity index (χ1) is 16.2. The Bertz CT molecular complexity index is 1280. The van der Waals surface area contributed by atoms with Crippen molar-refractivity contribution < 1.29 is 19.2 Å². The molecule has 3 aromatic heterocycles. The first-order valence-electron chi connectivity index (χ1n) is 10.9. The van der Waals surface area contributed by atoms with Gasteiger partial charge in [-0.15, -0.1) is 22.7 Å². The van der Waals surface area contributed by atoms with Crippen molar-refractivity contribution >= 4 is 51.3 Å². The SMILES string of the molecule is CC(=O)c1c(NC(=O)NC(=O)c2c(-n3cccc3)sc(C(=O)N(C)C)c2C)sc2c1CCCC2. The second-order valence-electron chi connectivity index (χ2n) is 8.41. The molecule has 0 aliphatic heterocycles. The van der Waals surface area contributed by atoms with Gasteiger partial charge >= 0.3 is 6.03 Å². The maximum Gasteiger partial charge on any atom is 0.326 e. The second kappa shape index (κ2) is 9.55. The highest BCUT2D eigenvalue weighted by atomic mass is 32.1. The number of urea groups is 1. The van der Waals surface area contributed by atoms with E-state index < -0.39 is 11.9 Å². The third-order valence-electron chi connectivity index (χ3n) is 5.77. The molecule has 34 heavy (non-hydrogen) atoms. The van der Waals surface area contributed by atoms with Gasteiger partial charge in [0.2, 0.25) is 0 Å². The number of ketones is 1. The summed E-state index contributed by atoms with van der Waals surface area (Å²) in [5.41, 5.74) is 2.33. The van der Waals surface area contributed by atoms with E-state index in [1.54, 1.807) is 38.0 Å². The summed E-state index contributed by atoms with van der Waals surface area (Å²) in [5.74, 6) is -0.926. The summed E-state index contributed by atoms with van der Waals surface area (Å²) in [6.07, 6.45) is 7.34. The summed E-state index contributed by atoms with van der Waals surface area (Å²) >= 11 is 2.60. The molecule has 0 radical (unpaired) electrons. The van der Waals surface area contributed by atoms with Crippen LogP contribution in [0.15, 0.2) is 24.5 Å². The molecule has 0 spiro atoms. The highest BCUT2D eigenvalue weighted by Gasteiger charge is 2.28. The molecule has 0 bridgehead atoms. The number of carbonyl (C=O) groups excluding carboxylic acids is 4. The summed E-state index contributed by atoms with van der Waals surface area (Å²) in [6.45, 7) is 3.20. The summed E-state index contributed by atoms with van der Waals surface area (Å²) in [4.78, 5) is 54.0. The summed E-state index contributed by atoms with van der Waals surface area (Å²) < 4.78 is 1.75. The van der Waals surface area contributed by atoms with E-state index in [-0.39, 0.29) is 17.3 Å². The van der Waals surface area contributed by atoms with Gasteiger partial charge in [0, 0.05) is 31.4 Å². The average molecular weight is 499 g/mol. The zero-order valence-electron chi connectivity index (χ0n) is 19.5. The molecule has 4 amide bonds. The minimum Gasteiger partial charge on any atom is -0.344 e. The van der Waals surface area contributed by atoms with Gasteiger partial charge in [-0.25, -0.2) is 4.79 Å². The third kappa shape index (κ3) is 4.43. The number of nitrogens with zero attached hydrogens (tertiary/aromatic N) is 2. The molecule has 178 valence electrons. The minimum atomic E-state index is -0.712. The molecule has 0 saturated heterocycles. The Labute approximate surface area is 205 Å². The topological polar surface area (TPSA) is 101 Å². The van der Waals surface area contributed by atoms with Crippen molar-refractivity contribution in [1.29, 1.82) is 0 Å². The molecule has 8 nitrogen and oxygen atoms in total. The van der Waals surface area contributed by atoms with E-state index in [4.69, 9.17) is 0 Å². The number of Topliss-reactive ketones (excluding diaryl/α,β-unsaturated/α-hetero) is 1. The normalized spacial score (nSPS) is 12.7. The number of anilines is 1. The number of carbonyl (C=O) groups is 4. The van der Waals surface area contributed by atoms with Crippen molar-refractivity contribution in [2.75, 3.05) is 19.4 Å². The molecule has 0 aromatic carbocycles. The molecule has 1 aliphatic carbocycles. The lowest BCUT2D eigenvalue weighted by atomic mass is 9.94. The Morgan fingerprint density at radius 3 is 2.32 bits per heavy atom. The summed E-state index contributed by atoms with van der Waals surface area (Å²) in [7, 11) is 3.30. The number of rotatable bonds is 5. The highest BCUT2D eigenvalue weighted by Crippen LogP contribution is 2.38. The number of fused-ring (bicyclic) bond motifs is 1. The molecule has 3 aromatic rings. The van der Waals surface area contributed by atoms with Crippen molar-refractivity contribution in [3.8, 4) is 5.00 Å². The van der Waals surface area contributed by atoms with Gasteiger partial charge < -0.3 is 9.47 Å². The largest absolute Gasteiger partial charge is 0.344 e. The zero-order chi connectivity index (χ0) is 24.6. The number of imide groups is 1. The number of aryl methyl sites for hydroxylation is 1. The van der Waals surface area contributed by atoms with Gasteiger partial charge in [0.1, 0.15) is 10.0 Å². The van der Waals surface area contributed by atoms with Gasteiger partial charge in [0.05, 0.1) is 16.0 Å². The zero-order valence-corrected chi connectivity index (χ0v) is 21.1. The van der Waals surface area contributed by atoms with Gasteiger partial charge in [0.15, 0.2) is 5.78 Å². The molecular formula is C24H26N4O4S2. The van der Waals surface area contributed by atoms with Gasteiger partial charge in [-0.2, -0.15) is 0 Å². The van der Waals surface area contributed by atoms with E-state index in [1.807, 2.05) is 12.1 Å². The van der Waals surface area contributed by atoms with E-state index in [1.165, 1.54) is 34.5 Å². The van der Waals surface area contributed by atoms with E-state index in [2.05, 4.69) is 10.6 Å². The minimum absolute atomic E-state index is 0.101. The number of hydrogen-bond donors (Lipinski definition) is 2. The molecule has 0 saturated carbocycles. The van der Waals surface area contributed by atoms with E-state index >= 15 is 0 Å². The van der Waals surface area contributed by atoms with Crippen LogP contribution in [0.5, 0.6) is 0 Å². The van der Waals surface area contributed by atoms with Gasteiger partial charge in [-0.3, -0.25) is 25.0 Å². The summed E-state index contributed by atoms with van der Waals surface area (Å²) in [6, 6.07) is 2.92. The average Bonchev–Trinajstić information content (AvgIpc) is 3.49. The van der Waals surface area contributed by atoms with E-state index in [9.17, 15) is 19.2 Å². The van der Waals surface area contributed by atoms with Crippen LogP contribution in [0.3, 0.4) is 0 Å². The van der Waals surface area contributed by atoms with Crippen LogP contribution in [-0.2, 0) is 12.8 Å². The lowest BCUT2D eigenvalue weighted by Gasteiger charge is -2.11. The molecular weight excluding hydrogens is 472 g/mol. The highest BCUT2D eigenvalue weighted by molar-refractivity contribution is 7.17. The molecule has 0 unspecified atom stereocenters. The van der Waals surface area contributed by atoms with Crippen LogP contribution in [-0.4, -0.2) is 47.2 Å². The fourth-order valence-corrected chi connectivity index (χ4v) is 6.78. The number of thiophene rings is 2. The number of nitrogens with one attached hydrogen (secondary N) is 2. The van der Waals surface area contributed by atoms with Crippen LogP contribution in [0.4, 0.5) is 9.80 Å². The maximum atomic E-state index is 13.2. The fourth-order valence-electron chi connectivity index (χ4n) is 4.15. The van der Waals surface area contributed by atoms with Gasteiger partial charge in [-0.05, 0) is 62.8 Å². The monoisotopic (exact) mass is 498 g/mol. The van der Waals surface area contributed by atoms with Gasteiger partial charge in [-0.1, -0.05) is 0 Å². The van der Waals surface area contributed by atoms with Crippen LogP contribution in [0, 0.1) is 6.92 Å². The van der Waals surface area contributed by atoms with Crippen molar-refractivity contribution in [3.05, 3.63) is 56.5 Å². The molecule has 0 atom stereocenters. The first kappa shape index (κ1) is 23.9. The molecule has 4 rings (SSSR count). The Hall–Kier alpha value is -3.24. The Kier molecular flexibility index (Phi) is 6.72. The van der Waals surface area contributed by atoms with Crippen molar-refractivity contribution in [3.63, 3.8) is 0 Å². The predicted octanol–water partition coefficient (Wildman–Crippen LogP) is 4.65. The number of hydrogen-bond acceptors (Lipinski definition) is 6. The lowest BCUT2D eigenvalue weighted by molar-refractivity contribution is 0.0831. The third-order valence-corrected chi connectivity index (χ3v) is 8.27. The van der Waals surface area contributed by atoms with Crippen LogP contribution in [0.1, 0.15) is 66.2 Å². The first-order valence-corrected chi connectivity index (χ1v) is 12.6. The van der Waals surface area contributed by atoms with Crippen molar-refractivity contribution in [2.45, 2.75) is 39.5 Å². The maximum absolute atomic E-state index is 13.2. The van der Waals surface area contributed by atoms with Crippen LogP contribution in [0.25, 0.3) is 5.00 Å². The smallest absolute Gasteiger partial charge is 0.326 e. The van der Waals surface area contributed by atoms with E-state index in [0.29, 0.717) is 26.0 Å². The van der Waals surface area contributed by atoms with Crippen LogP contribution >= 0.6 is 22.7 Å². The molecule has 1 aliphatic rings. The Balaban J connectivity index is 1.62. The Morgan fingerprint density at radius 2 is 1.68 bits per heavy atom. The second-order valence-corrected chi connectivity index (χ2v) is 10.5. The molecule has 3 heterocycles. The summed E-state index contributed by atoms with van der Waals surface area (Å²) in [5, 5.41) is 6.13. The number of amides is 4. The van der Waals surface area contributed by atoms with Crippen molar-refractivity contribution in [2.24, 2.45) is 0 Å². The van der Waals surface area contributed by atoms with E-state index in [0.717, 1.165) is 36.1 Å². The quantitative estimate of drug-likeness (QED) is 0.500.